The van der Waals surface area contributed by atoms with Gasteiger partial charge in [-0.1, -0.05) is 20.3 Å². The van der Waals surface area contributed by atoms with Crippen LogP contribution in [0.15, 0.2) is 12.1 Å². The fraction of sp³-hybridized carbons (Fsp3) is 0.636. The lowest BCUT2D eigenvalue weighted by Crippen LogP contribution is -2.07. The lowest BCUT2D eigenvalue weighted by molar-refractivity contribution is 0.641. The van der Waals surface area contributed by atoms with Crippen LogP contribution in [-0.4, -0.2) is 5.38 Å². The van der Waals surface area contributed by atoms with Crippen molar-refractivity contribution in [2.45, 2.75) is 44.9 Å². The topological polar surface area (TPSA) is 0 Å². The predicted molar refractivity (Wildman–Crippen MR) is 62.0 cm³/mol. The minimum absolute atomic E-state index is 0.294. The van der Waals surface area contributed by atoms with Crippen molar-refractivity contribution in [2.24, 2.45) is 0 Å². The highest BCUT2D eigenvalue weighted by molar-refractivity contribution is 7.12. The van der Waals surface area contributed by atoms with Gasteiger partial charge in [-0.3, -0.25) is 0 Å². The molecule has 0 aromatic carbocycles. The summed E-state index contributed by atoms with van der Waals surface area (Å²) < 4.78 is 0. The summed E-state index contributed by atoms with van der Waals surface area (Å²) in [6, 6.07) is 4.38. The second-order valence-electron chi connectivity index (χ2n) is 3.54. The van der Waals surface area contributed by atoms with E-state index in [2.05, 4.69) is 32.9 Å². The Morgan fingerprint density at radius 1 is 1.46 bits per heavy atom. The largest absolute Gasteiger partial charge is 0.145 e. The zero-order valence-electron chi connectivity index (χ0n) is 8.51. The molecule has 0 spiro atoms. The summed E-state index contributed by atoms with van der Waals surface area (Å²) >= 11 is 8.15. The third-order valence-corrected chi connectivity index (χ3v) is 4.11. The first-order valence-corrected chi connectivity index (χ1v) is 6.10. The highest BCUT2D eigenvalue weighted by Crippen LogP contribution is 2.31. The maximum atomic E-state index is 6.28. The number of halogens is 1. The van der Waals surface area contributed by atoms with Gasteiger partial charge in [0, 0.05) is 21.0 Å². The molecular formula is C11H17ClS. The van der Waals surface area contributed by atoms with E-state index in [1.54, 1.807) is 0 Å². The molecule has 0 aliphatic carbocycles. The van der Waals surface area contributed by atoms with Gasteiger partial charge in [-0.05, 0) is 25.5 Å². The number of hydrogen-bond acceptors (Lipinski definition) is 1. The van der Waals surface area contributed by atoms with Gasteiger partial charge in [-0.25, -0.2) is 0 Å². The summed E-state index contributed by atoms with van der Waals surface area (Å²) in [6.07, 6.45) is 2.28. The quantitative estimate of drug-likeness (QED) is 0.647. The number of rotatable bonds is 4. The number of hydrogen-bond donors (Lipinski definition) is 0. The van der Waals surface area contributed by atoms with Crippen molar-refractivity contribution in [3.8, 4) is 0 Å². The van der Waals surface area contributed by atoms with Crippen LogP contribution >= 0.6 is 22.9 Å². The van der Waals surface area contributed by atoms with Crippen LogP contribution in [0, 0.1) is 6.92 Å². The van der Waals surface area contributed by atoms with Gasteiger partial charge in [0.1, 0.15) is 0 Å². The van der Waals surface area contributed by atoms with Crippen LogP contribution in [-0.2, 0) is 0 Å². The van der Waals surface area contributed by atoms with Crippen LogP contribution in [0.2, 0.25) is 0 Å². The van der Waals surface area contributed by atoms with Crippen molar-refractivity contribution < 1.29 is 0 Å². The summed E-state index contributed by atoms with van der Waals surface area (Å²) in [5.41, 5.74) is 0. The SMILES string of the molecule is CCCC(Cl)C(C)c1ccc(C)s1. The van der Waals surface area contributed by atoms with E-state index in [1.165, 1.54) is 16.2 Å². The molecule has 2 unspecified atom stereocenters. The van der Waals surface area contributed by atoms with Gasteiger partial charge in [0.25, 0.3) is 0 Å². The maximum absolute atomic E-state index is 6.28. The average molecular weight is 217 g/mol. The lowest BCUT2D eigenvalue weighted by Gasteiger charge is -2.15. The highest BCUT2D eigenvalue weighted by Gasteiger charge is 2.16. The normalized spacial score (nSPS) is 15.7. The summed E-state index contributed by atoms with van der Waals surface area (Å²) in [6.45, 7) is 6.55. The molecule has 2 heteroatoms. The minimum atomic E-state index is 0.294. The smallest absolute Gasteiger partial charge is 0.0409 e. The Morgan fingerprint density at radius 3 is 2.62 bits per heavy atom. The van der Waals surface area contributed by atoms with E-state index in [0.29, 0.717) is 11.3 Å². The molecule has 1 aromatic heterocycles. The van der Waals surface area contributed by atoms with Crippen molar-refractivity contribution >= 4 is 22.9 Å². The first-order valence-electron chi connectivity index (χ1n) is 4.85. The third kappa shape index (κ3) is 2.99. The molecule has 13 heavy (non-hydrogen) atoms. The van der Waals surface area contributed by atoms with Gasteiger partial charge in [-0.15, -0.1) is 22.9 Å². The Bertz CT molecular complexity index is 254. The van der Waals surface area contributed by atoms with Crippen LogP contribution in [0.5, 0.6) is 0 Å². The van der Waals surface area contributed by atoms with E-state index >= 15 is 0 Å². The summed E-state index contributed by atoms with van der Waals surface area (Å²) in [4.78, 5) is 2.80. The van der Waals surface area contributed by atoms with E-state index in [9.17, 15) is 0 Å². The van der Waals surface area contributed by atoms with Crippen molar-refractivity contribution in [1.82, 2.24) is 0 Å². The van der Waals surface area contributed by atoms with Crippen LogP contribution in [0.25, 0.3) is 0 Å². The standard InChI is InChI=1S/C11H17ClS/c1-4-5-10(12)9(3)11-7-6-8(2)13-11/h6-7,9-10H,4-5H2,1-3H3. The van der Waals surface area contributed by atoms with Crippen LogP contribution in [0.1, 0.15) is 42.4 Å². The van der Waals surface area contributed by atoms with Crippen molar-refractivity contribution in [1.29, 1.82) is 0 Å². The maximum Gasteiger partial charge on any atom is 0.0409 e. The summed E-state index contributed by atoms with van der Waals surface area (Å²) in [7, 11) is 0. The number of thiophene rings is 1. The fourth-order valence-electron chi connectivity index (χ4n) is 1.40. The Kier molecular flexibility index (Phi) is 4.27. The zero-order valence-corrected chi connectivity index (χ0v) is 10.1. The average Bonchev–Trinajstić information content (AvgIpc) is 2.51. The van der Waals surface area contributed by atoms with Gasteiger partial charge < -0.3 is 0 Å². The monoisotopic (exact) mass is 216 g/mol. The van der Waals surface area contributed by atoms with Gasteiger partial charge >= 0.3 is 0 Å². The van der Waals surface area contributed by atoms with Crippen molar-refractivity contribution in [2.75, 3.05) is 0 Å². The molecule has 2 atom stereocenters. The van der Waals surface area contributed by atoms with Gasteiger partial charge in [0.15, 0.2) is 0 Å². The molecule has 0 amide bonds. The zero-order chi connectivity index (χ0) is 9.84. The molecule has 0 radical (unpaired) electrons. The Morgan fingerprint density at radius 2 is 2.15 bits per heavy atom. The van der Waals surface area contributed by atoms with E-state index in [4.69, 9.17) is 11.6 Å². The predicted octanol–water partition coefficient (Wildman–Crippen LogP) is 4.57. The van der Waals surface area contributed by atoms with Gasteiger partial charge in [0.2, 0.25) is 0 Å². The van der Waals surface area contributed by atoms with E-state index in [-0.39, 0.29) is 0 Å². The Balaban J connectivity index is 2.61. The van der Waals surface area contributed by atoms with E-state index in [0.717, 1.165) is 6.42 Å². The molecule has 0 fully saturated rings. The fourth-order valence-corrected chi connectivity index (χ4v) is 2.82. The first kappa shape index (κ1) is 11.1. The van der Waals surface area contributed by atoms with Crippen LogP contribution in [0.3, 0.4) is 0 Å². The van der Waals surface area contributed by atoms with Crippen molar-refractivity contribution in [3.05, 3.63) is 21.9 Å². The number of aryl methyl sites for hydroxylation is 1. The first-order chi connectivity index (χ1) is 6.15. The second-order valence-corrected chi connectivity index (χ2v) is 5.42. The molecule has 0 aliphatic heterocycles. The van der Waals surface area contributed by atoms with Crippen LogP contribution < -0.4 is 0 Å². The summed E-state index contributed by atoms with van der Waals surface area (Å²) in [5.74, 6) is 0.500. The molecule has 0 nitrogen and oxygen atoms in total. The molecular weight excluding hydrogens is 200 g/mol. The lowest BCUT2D eigenvalue weighted by atomic mass is 10.0. The molecule has 0 aliphatic rings. The highest BCUT2D eigenvalue weighted by atomic mass is 35.5. The van der Waals surface area contributed by atoms with E-state index < -0.39 is 0 Å². The van der Waals surface area contributed by atoms with Crippen LogP contribution in [0.4, 0.5) is 0 Å². The molecule has 74 valence electrons. The molecule has 0 saturated heterocycles. The molecule has 0 N–H and O–H groups in total. The minimum Gasteiger partial charge on any atom is -0.145 e. The van der Waals surface area contributed by atoms with Crippen molar-refractivity contribution in [3.63, 3.8) is 0 Å². The molecule has 1 rings (SSSR count). The number of alkyl halides is 1. The molecule has 1 aromatic rings. The summed E-state index contributed by atoms with van der Waals surface area (Å²) in [5, 5.41) is 0.294. The van der Waals surface area contributed by atoms with E-state index in [1.807, 2.05) is 11.3 Å². The molecule has 0 saturated carbocycles. The van der Waals surface area contributed by atoms with Gasteiger partial charge in [-0.2, -0.15) is 0 Å². The second kappa shape index (κ2) is 5.02. The molecule has 1 heterocycles. The van der Waals surface area contributed by atoms with Gasteiger partial charge in [0.05, 0.1) is 0 Å². The Labute approximate surface area is 89.9 Å². The Hall–Kier alpha value is -0.0100. The third-order valence-electron chi connectivity index (χ3n) is 2.32. The molecule has 0 bridgehead atoms.